The monoisotopic (exact) mass is 221 g/mol. The van der Waals surface area contributed by atoms with Gasteiger partial charge >= 0.3 is 0 Å². The lowest BCUT2D eigenvalue weighted by Crippen LogP contribution is -2.08. The van der Waals surface area contributed by atoms with Crippen LogP contribution in [0.1, 0.15) is 36.9 Å². The molecule has 4 heteroatoms. The lowest BCUT2D eigenvalue weighted by Gasteiger charge is -2.09. The van der Waals surface area contributed by atoms with E-state index in [4.69, 9.17) is 5.73 Å². The molecule has 0 spiro atoms. The Morgan fingerprint density at radius 3 is 1.93 bits per heavy atom. The first kappa shape index (κ1) is 13.3. The van der Waals surface area contributed by atoms with Gasteiger partial charge in [0.25, 0.3) is 6.43 Å². The Balaban J connectivity index is 0.00000169. The average Bonchev–Trinajstić information content (AvgIpc) is 2.17. The van der Waals surface area contributed by atoms with Crippen molar-refractivity contribution in [2.75, 3.05) is 0 Å². The molecular formula is C10H14ClF2N. The molecule has 0 radical (unpaired) electrons. The van der Waals surface area contributed by atoms with Crippen LogP contribution in [0.5, 0.6) is 0 Å². The van der Waals surface area contributed by atoms with Gasteiger partial charge in [-0.1, -0.05) is 31.2 Å². The molecule has 1 nitrogen and oxygen atoms in total. The largest absolute Gasteiger partial charge is 0.324 e. The summed E-state index contributed by atoms with van der Waals surface area (Å²) >= 11 is 0. The van der Waals surface area contributed by atoms with Crippen LogP contribution in [0.15, 0.2) is 24.3 Å². The van der Waals surface area contributed by atoms with Crippen molar-refractivity contribution in [2.45, 2.75) is 25.8 Å². The number of benzene rings is 1. The lowest BCUT2D eigenvalue weighted by molar-refractivity contribution is 0.151. The van der Waals surface area contributed by atoms with Crippen molar-refractivity contribution in [3.8, 4) is 0 Å². The summed E-state index contributed by atoms with van der Waals surface area (Å²) in [5, 5.41) is 0. The molecule has 80 valence electrons. The van der Waals surface area contributed by atoms with Crippen molar-refractivity contribution < 1.29 is 8.78 Å². The Morgan fingerprint density at radius 1 is 1.14 bits per heavy atom. The predicted octanol–water partition coefficient (Wildman–Crippen LogP) is 3.46. The highest BCUT2D eigenvalue weighted by atomic mass is 35.5. The Kier molecular flexibility index (Phi) is 5.65. The van der Waals surface area contributed by atoms with Gasteiger partial charge in [-0.05, 0) is 12.0 Å². The van der Waals surface area contributed by atoms with E-state index in [1.54, 1.807) is 12.1 Å². The normalized spacial score (nSPS) is 12.4. The Morgan fingerprint density at radius 2 is 1.57 bits per heavy atom. The van der Waals surface area contributed by atoms with Gasteiger partial charge in [-0.3, -0.25) is 0 Å². The number of halogens is 3. The van der Waals surface area contributed by atoms with Crippen LogP contribution in [0.2, 0.25) is 0 Å². The van der Waals surface area contributed by atoms with E-state index in [-0.39, 0.29) is 24.0 Å². The molecular weight excluding hydrogens is 208 g/mol. The van der Waals surface area contributed by atoms with E-state index in [1.165, 1.54) is 12.1 Å². The smallest absolute Gasteiger partial charge is 0.263 e. The Bertz CT molecular complexity index is 261. The van der Waals surface area contributed by atoms with E-state index in [9.17, 15) is 8.78 Å². The van der Waals surface area contributed by atoms with Crippen LogP contribution in [0.3, 0.4) is 0 Å². The van der Waals surface area contributed by atoms with Gasteiger partial charge in [0.1, 0.15) is 0 Å². The zero-order valence-electron chi connectivity index (χ0n) is 7.91. The second-order valence-corrected chi connectivity index (χ2v) is 2.98. The number of rotatable bonds is 3. The molecule has 0 aliphatic rings. The average molecular weight is 222 g/mol. The summed E-state index contributed by atoms with van der Waals surface area (Å²) in [5.41, 5.74) is 6.69. The molecule has 1 atom stereocenters. The van der Waals surface area contributed by atoms with Gasteiger partial charge < -0.3 is 5.73 Å². The second-order valence-electron chi connectivity index (χ2n) is 2.98. The molecule has 1 rings (SSSR count). The van der Waals surface area contributed by atoms with Gasteiger partial charge in [0, 0.05) is 11.6 Å². The van der Waals surface area contributed by atoms with Gasteiger partial charge in [0.15, 0.2) is 0 Å². The number of hydrogen-bond donors (Lipinski definition) is 1. The zero-order chi connectivity index (χ0) is 9.84. The van der Waals surface area contributed by atoms with Crippen molar-refractivity contribution in [1.82, 2.24) is 0 Å². The molecule has 0 unspecified atom stereocenters. The summed E-state index contributed by atoms with van der Waals surface area (Å²) in [6.45, 7) is 1.96. The van der Waals surface area contributed by atoms with E-state index in [2.05, 4.69) is 0 Å². The van der Waals surface area contributed by atoms with Gasteiger partial charge in [0.2, 0.25) is 0 Å². The van der Waals surface area contributed by atoms with Crippen LogP contribution in [0, 0.1) is 0 Å². The van der Waals surface area contributed by atoms with Crippen LogP contribution in [0.25, 0.3) is 0 Å². The molecule has 0 aliphatic carbocycles. The number of hydrogen-bond acceptors (Lipinski definition) is 1. The third kappa shape index (κ3) is 3.24. The Labute approximate surface area is 88.7 Å². The van der Waals surface area contributed by atoms with Gasteiger partial charge in [-0.15, -0.1) is 12.4 Å². The fraction of sp³-hybridized carbons (Fsp3) is 0.400. The van der Waals surface area contributed by atoms with Gasteiger partial charge in [-0.25, -0.2) is 8.78 Å². The third-order valence-corrected chi connectivity index (χ3v) is 2.06. The third-order valence-electron chi connectivity index (χ3n) is 2.06. The second kappa shape index (κ2) is 5.94. The SMILES string of the molecule is CC[C@H](N)c1ccc(C(F)F)cc1.Cl. The molecule has 0 saturated heterocycles. The van der Waals surface area contributed by atoms with E-state index in [1.807, 2.05) is 6.92 Å². The maximum absolute atomic E-state index is 12.2. The lowest BCUT2D eigenvalue weighted by atomic mass is 10.0. The fourth-order valence-electron chi connectivity index (χ4n) is 1.12. The topological polar surface area (TPSA) is 26.0 Å². The van der Waals surface area contributed by atoms with Crippen LogP contribution >= 0.6 is 12.4 Å². The van der Waals surface area contributed by atoms with E-state index >= 15 is 0 Å². The zero-order valence-corrected chi connectivity index (χ0v) is 8.73. The molecule has 0 aliphatic heterocycles. The number of alkyl halides is 2. The molecule has 1 aromatic carbocycles. The highest BCUT2D eigenvalue weighted by molar-refractivity contribution is 5.85. The van der Waals surface area contributed by atoms with Crippen LogP contribution in [-0.2, 0) is 0 Å². The first-order chi connectivity index (χ1) is 6.15. The molecule has 0 bridgehead atoms. The molecule has 0 saturated carbocycles. The van der Waals surface area contributed by atoms with Crippen molar-refractivity contribution in [3.05, 3.63) is 35.4 Å². The summed E-state index contributed by atoms with van der Waals surface area (Å²) < 4.78 is 24.3. The molecule has 0 aromatic heterocycles. The predicted molar refractivity (Wildman–Crippen MR) is 55.9 cm³/mol. The molecule has 2 N–H and O–H groups in total. The first-order valence-corrected chi connectivity index (χ1v) is 4.28. The summed E-state index contributed by atoms with van der Waals surface area (Å²) in [7, 11) is 0. The van der Waals surface area contributed by atoms with Crippen LogP contribution < -0.4 is 5.73 Å². The fourth-order valence-corrected chi connectivity index (χ4v) is 1.12. The summed E-state index contributed by atoms with van der Waals surface area (Å²) in [6.07, 6.45) is -1.58. The minimum absolute atomic E-state index is 0. The van der Waals surface area contributed by atoms with E-state index < -0.39 is 6.43 Å². The molecule has 0 fully saturated rings. The minimum Gasteiger partial charge on any atom is -0.324 e. The quantitative estimate of drug-likeness (QED) is 0.831. The highest BCUT2D eigenvalue weighted by Crippen LogP contribution is 2.21. The first-order valence-electron chi connectivity index (χ1n) is 4.28. The highest BCUT2D eigenvalue weighted by Gasteiger charge is 2.07. The van der Waals surface area contributed by atoms with E-state index in [0.29, 0.717) is 0 Å². The summed E-state index contributed by atoms with van der Waals surface area (Å²) in [6, 6.07) is 6.13. The molecule has 14 heavy (non-hydrogen) atoms. The van der Waals surface area contributed by atoms with Crippen LogP contribution in [-0.4, -0.2) is 0 Å². The standard InChI is InChI=1S/C10H13F2N.ClH/c1-2-9(13)7-3-5-8(6-4-7)10(11)12;/h3-6,9-10H,2,13H2,1H3;1H/t9-;/m0./s1. The van der Waals surface area contributed by atoms with Gasteiger partial charge in [0.05, 0.1) is 0 Å². The van der Waals surface area contributed by atoms with Crippen molar-refractivity contribution in [1.29, 1.82) is 0 Å². The molecule has 1 aromatic rings. The summed E-state index contributed by atoms with van der Waals surface area (Å²) in [5.74, 6) is 0. The molecule has 0 amide bonds. The minimum atomic E-state index is -2.40. The Hall–Kier alpha value is -0.670. The van der Waals surface area contributed by atoms with Gasteiger partial charge in [-0.2, -0.15) is 0 Å². The molecule has 0 heterocycles. The van der Waals surface area contributed by atoms with Crippen molar-refractivity contribution >= 4 is 12.4 Å². The summed E-state index contributed by atoms with van der Waals surface area (Å²) in [4.78, 5) is 0. The maximum Gasteiger partial charge on any atom is 0.263 e. The van der Waals surface area contributed by atoms with Crippen LogP contribution in [0.4, 0.5) is 8.78 Å². The maximum atomic E-state index is 12.2. The van der Waals surface area contributed by atoms with Crippen molar-refractivity contribution in [3.63, 3.8) is 0 Å². The van der Waals surface area contributed by atoms with E-state index in [0.717, 1.165) is 12.0 Å². The number of nitrogens with two attached hydrogens (primary N) is 1. The van der Waals surface area contributed by atoms with Crippen molar-refractivity contribution in [2.24, 2.45) is 5.73 Å².